The number of carbonyl (C=O) groups excluding carboxylic acids is 2. The van der Waals surface area contributed by atoms with Gasteiger partial charge in [-0.3, -0.25) is 9.78 Å². The monoisotopic (exact) mass is 385 g/mol. The number of pyridine rings is 1. The lowest BCUT2D eigenvalue weighted by Gasteiger charge is -2.14. The van der Waals surface area contributed by atoms with E-state index in [1.54, 1.807) is 39.9 Å². The Labute approximate surface area is 158 Å². The summed E-state index contributed by atoms with van der Waals surface area (Å²) in [6.07, 6.45) is 6.91. The molecule has 0 saturated carbocycles. The van der Waals surface area contributed by atoms with Crippen LogP contribution in [0.4, 0.5) is 0 Å². The summed E-state index contributed by atoms with van der Waals surface area (Å²) in [6.45, 7) is 4.95. The van der Waals surface area contributed by atoms with Crippen LogP contribution in [0.3, 0.4) is 0 Å². The normalized spacial score (nSPS) is 10.7. The van der Waals surface area contributed by atoms with Gasteiger partial charge in [0.2, 0.25) is 0 Å². The van der Waals surface area contributed by atoms with Crippen LogP contribution < -0.4 is 0 Å². The van der Waals surface area contributed by atoms with E-state index >= 15 is 0 Å². The van der Waals surface area contributed by atoms with Gasteiger partial charge in [-0.05, 0) is 25.0 Å². The molecule has 0 fully saturated rings. The van der Waals surface area contributed by atoms with Gasteiger partial charge in [-0.2, -0.15) is 0 Å². The van der Waals surface area contributed by atoms with Gasteiger partial charge < -0.3 is 9.47 Å². The van der Waals surface area contributed by atoms with Crippen LogP contribution in [0.5, 0.6) is 0 Å². The van der Waals surface area contributed by atoms with Crippen molar-refractivity contribution in [3.05, 3.63) is 30.1 Å². The van der Waals surface area contributed by atoms with Crippen molar-refractivity contribution in [3.8, 4) is 0 Å². The molecule has 25 heavy (non-hydrogen) atoms. The van der Waals surface area contributed by atoms with E-state index in [2.05, 4.69) is 18.8 Å². The first-order chi connectivity index (χ1) is 12.2. The van der Waals surface area contributed by atoms with Gasteiger partial charge >= 0.3 is 11.9 Å². The van der Waals surface area contributed by atoms with Crippen molar-refractivity contribution in [2.75, 3.05) is 24.7 Å². The molecule has 0 bridgehead atoms. The number of esters is 2. The highest BCUT2D eigenvalue weighted by Crippen LogP contribution is 2.21. The van der Waals surface area contributed by atoms with Crippen molar-refractivity contribution in [1.82, 2.24) is 4.98 Å². The maximum absolute atomic E-state index is 12.0. The van der Waals surface area contributed by atoms with E-state index < -0.39 is 0 Å². The summed E-state index contributed by atoms with van der Waals surface area (Å²) in [5, 5.41) is 0. The Bertz CT molecular complexity index is 493. The minimum Gasteiger partial charge on any atom is -0.465 e. The molecular formula is C18H27NO4S2. The fraction of sp³-hybridized carbons (Fsp3) is 0.611. The highest BCUT2D eigenvalue weighted by molar-refractivity contribution is 8.76. The Kier molecular flexibility index (Phi) is 12.2. The van der Waals surface area contributed by atoms with Gasteiger partial charge in [-0.1, -0.05) is 48.3 Å². The van der Waals surface area contributed by atoms with Crippen molar-refractivity contribution in [2.45, 2.75) is 39.5 Å². The zero-order chi connectivity index (χ0) is 18.3. The Morgan fingerprint density at radius 1 is 1.08 bits per heavy atom. The molecule has 1 heterocycles. The van der Waals surface area contributed by atoms with Gasteiger partial charge in [-0.25, -0.2) is 4.79 Å². The molecule has 0 unspecified atom stereocenters. The van der Waals surface area contributed by atoms with Gasteiger partial charge in [-0.15, -0.1) is 0 Å². The number of ether oxygens (including phenoxy) is 2. The average molecular weight is 386 g/mol. The predicted octanol–water partition coefficient (Wildman–Crippen LogP) is 4.38. The van der Waals surface area contributed by atoms with Crippen LogP contribution in [0.1, 0.15) is 49.9 Å². The fourth-order valence-electron chi connectivity index (χ4n) is 2.22. The third-order valence-corrected chi connectivity index (χ3v) is 5.73. The Hall–Kier alpha value is -1.21. The minimum absolute atomic E-state index is 0.0412. The minimum atomic E-state index is -0.356. The smallest absolute Gasteiger partial charge is 0.339 e. The molecule has 0 aromatic carbocycles. The highest BCUT2D eigenvalue weighted by atomic mass is 33.1. The van der Waals surface area contributed by atoms with E-state index in [9.17, 15) is 9.59 Å². The van der Waals surface area contributed by atoms with Crippen LogP contribution in [-0.2, 0) is 14.3 Å². The quantitative estimate of drug-likeness (QED) is 0.284. The Morgan fingerprint density at radius 2 is 1.72 bits per heavy atom. The van der Waals surface area contributed by atoms with Crippen LogP contribution in [0.25, 0.3) is 0 Å². The first kappa shape index (κ1) is 21.8. The molecule has 7 heteroatoms. The lowest BCUT2D eigenvalue weighted by molar-refractivity contribution is -0.148. The van der Waals surface area contributed by atoms with Crippen molar-refractivity contribution in [2.24, 2.45) is 5.92 Å². The summed E-state index contributed by atoms with van der Waals surface area (Å²) in [6, 6.07) is 3.38. The highest BCUT2D eigenvalue weighted by Gasteiger charge is 2.17. The SMILES string of the molecule is CCCC(CCC)C(=O)OCCSSCCOC(=O)c1cccnc1. The van der Waals surface area contributed by atoms with Gasteiger partial charge in [0.1, 0.15) is 13.2 Å². The number of nitrogens with zero attached hydrogens (tertiary/aromatic N) is 1. The molecule has 1 rings (SSSR count). The lowest BCUT2D eigenvalue weighted by atomic mass is 9.99. The fourth-order valence-corrected chi connectivity index (χ4v) is 3.88. The summed E-state index contributed by atoms with van der Waals surface area (Å²) in [4.78, 5) is 27.5. The molecule has 1 aromatic heterocycles. The molecule has 0 radical (unpaired) electrons. The predicted molar refractivity (Wildman–Crippen MR) is 104 cm³/mol. The number of aromatic nitrogens is 1. The summed E-state index contributed by atoms with van der Waals surface area (Å²) in [7, 11) is 3.22. The summed E-state index contributed by atoms with van der Waals surface area (Å²) in [5.41, 5.74) is 0.459. The molecule has 0 aliphatic heterocycles. The first-order valence-corrected chi connectivity index (χ1v) is 11.2. The van der Waals surface area contributed by atoms with Gasteiger partial charge in [0.25, 0.3) is 0 Å². The summed E-state index contributed by atoms with van der Waals surface area (Å²) in [5.74, 6) is 1.04. The largest absolute Gasteiger partial charge is 0.465 e. The number of carbonyl (C=O) groups is 2. The Morgan fingerprint density at radius 3 is 2.28 bits per heavy atom. The first-order valence-electron chi connectivity index (χ1n) is 8.67. The molecule has 140 valence electrons. The van der Waals surface area contributed by atoms with Crippen LogP contribution in [0.15, 0.2) is 24.5 Å². The maximum atomic E-state index is 12.0. The molecular weight excluding hydrogens is 358 g/mol. The van der Waals surface area contributed by atoms with Crippen molar-refractivity contribution in [3.63, 3.8) is 0 Å². The zero-order valence-corrected chi connectivity index (χ0v) is 16.6. The van der Waals surface area contributed by atoms with Gasteiger partial charge in [0.05, 0.1) is 11.5 Å². The van der Waals surface area contributed by atoms with E-state index in [0.717, 1.165) is 31.4 Å². The van der Waals surface area contributed by atoms with Crippen LogP contribution in [0, 0.1) is 5.92 Å². The van der Waals surface area contributed by atoms with Crippen LogP contribution in [0.2, 0.25) is 0 Å². The van der Waals surface area contributed by atoms with Crippen molar-refractivity contribution in [1.29, 1.82) is 0 Å². The summed E-state index contributed by atoms with van der Waals surface area (Å²) < 4.78 is 10.5. The van der Waals surface area contributed by atoms with E-state index in [0.29, 0.717) is 24.5 Å². The molecule has 0 aliphatic carbocycles. The van der Waals surface area contributed by atoms with Gasteiger partial charge in [0.15, 0.2) is 0 Å². The number of rotatable bonds is 13. The standard InChI is InChI=1S/C18H27NO4S2/c1-3-6-15(7-4-2)17(20)22-10-12-24-25-13-11-23-18(21)16-8-5-9-19-14-16/h5,8-9,14-15H,3-4,6-7,10-13H2,1-2H3. The van der Waals surface area contributed by atoms with Crippen LogP contribution in [-0.4, -0.2) is 41.6 Å². The molecule has 0 saturated heterocycles. The third-order valence-electron chi connectivity index (χ3n) is 3.40. The van der Waals surface area contributed by atoms with E-state index in [4.69, 9.17) is 9.47 Å². The molecule has 1 aromatic rings. The lowest BCUT2D eigenvalue weighted by Crippen LogP contribution is -2.18. The van der Waals surface area contributed by atoms with Crippen molar-refractivity contribution >= 4 is 33.5 Å². The third kappa shape index (κ3) is 9.75. The van der Waals surface area contributed by atoms with Crippen molar-refractivity contribution < 1.29 is 19.1 Å². The maximum Gasteiger partial charge on any atom is 0.339 e. The van der Waals surface area contributed by atoms with E-state index in [1.165, 1.54) is 6.20 Å². The molecule has 0 aliphatic rings. The van der Waals surface area contributed by atoms with E-state index in [-0.39, 0.29) is 17.9 Å². The molecule has 0 amide bonds. The summed E-state index contributed by atoms with van der Waals surface area (Å²) >= 11 is 0. The molecule has 0 N–H and O–H groups in total. The molecule has 0 spiro atoms. The number of hydrogen-bond acceptors (Lipinski definition) is 7. The Balaban J connectivity index is 2.03. The molecule has 0 atom stereocenters. The van der Waals surface area contributed by atoms with E-state index in [1.807, 2.05) is 0 Å². The number of hydrogen-bond donors (Lipinski definition) is 0. The van der Waals surface area contributed by atoms with Crippen LogP contribution >= 0.6 is 21.6 Å². The second-order valence-electron chi connectivity index (χ2n) is 5.46. The second kappa shape index (κ2) is 14.0. The molecule has 5 nitrogen and oxygen atoms in total. The second-order valence-corrected chi connectivity index (χ2v) is 8.17. The zero-order valence-electron chi connectivity index (χ0n) is 14.9. The van der Waals surface area contributed by atoms with Gasteiger partial charge in [0, 0.05) is 23.9 Å². The average Bonchev–Trinajstić information content (AvgIpc) is 2.64. The topological polar surface area (TPSA) is 65.5 Å².